The monoisotopic (exact) mass is 350 g/mol. The minimum atomic E-state index is -0.405. The Hall–Kier alpha value is -2.04. The molecule has 0 bridgehead atoms. The second kappa shape index (κ2) is 7.99. The van der Waals surface area contributed by atoms with E-state index in [0.717, 1.165) is 11.3 Å². The molecular formula is C17H16Cl2N2O2. The normalized spacial score (nSPS) is 11.0. The van der Waals surface area contributed by atoms with Gasteiger partial charge in [-0.25, -0.2) is 5.43 Å². The van der Waals surface area contributed by atoms with Crippen molar-refractivity contribution in [1.29, 1.82) is 0 Å². The first-order valence-corrected chi connectivity index (χ1v) is 7.76. The number of hydrogen-bond donors (Lipinski definition) is 1. The van der Waals surface area contributed by atoms with Gasteiger partial charge in [-0.05, 0) is 49.7 Å². The number of amides is 1. The molecule has 23 heavy (non-hydrogen) atoms. The van der Waals surface area contributed by atoms with Crippen LogP contribution in [0.15, 0.2) is 47.6 Å². The molecular weight excluding hydrogens is 335 g/mol. The Kier molecular flexibility index (Phi) is 6.02. The van der Waals surface area contributed by atoms with Gasteiger partial charge in [0.15, 0.2) is 0 Å². The summed E-state index contributed by atoms with van der Waals surface area (Å²) in [5, 5.41) is 4.67. The van der Waals surface area contributed by atoms with Gasteiger partial charge in [-0.3, -0.25) is 4.79 Å². The summed E-state index contributed by atoms with van der Waals surface area (Å²) in [5.41, 5.74) is 3.55. The maximum atomic E-state index is 12.0. The lowest BCUT2D eigenvalue weighted by Gasteiger charge is -2.09. The molecule has 6 heteroatoms. The second-order valence-corrected chi connectivity index (χ2v) is 5.91. The average molecular weight is 351 g/mol. The highest BCUT2D eigenvalue weighted by Gasteiger charge is 2.09. The van der Waals surface area contributed by atoms with Crippen LogP contribution in [-0.4, -0.2) is 18.2 Å². The van der Waals surface area contributed by atoms with E-state index in [1.165, 1.54) is 12.3 Å². The van der Waals surface area contributed by atoms with Crippen LogP contribution in [0.4, 0.5) is 0 Å². The lowest BCUT2D eigenvalue weighted by Crippen LogP contribution is -2.18. The van der Waals surface area contributed by atoms with Gasteiger partial charge in [0.2, 0.25) is 0 Å². The van der Waals surface area contributed by atoms with Crippen molar-refractivity contribution >= 4 is 35.3 Å². The van der Waals surface area contributed by atoms with Gasteiger partial charge in [-0.1, -0.05) is 35.3 Å². The van der Waals surface area contributed by atoms with Gasteiger partial charge < -0.3 is 4.74 Å². The molecule has 2 rings (SSSR count). The SMILES string of the molecule is CC(C)Oc1cccc(/C=N/NC(=O)c2ccc(Cl)cc2Cl)c1. The molecule has 0 aliphatic carbocycles. The van der Waals surface area contributed by atoms with E-state index in [2.05, 4.69) is 10.5 Å². The molecule has 0 saturated carbocycles. The lowest BCUT2D eigenvalue weighted by molar-refractivity contribution is 0.0955. The topological polar surface area (TPSA) is 50.7 Å². The van der Waals surface area contributed by atoms with Crippen LogP contribution in [0.1, 0.15) is 29.8 Å². The average Bonchev–Trinajstić information content (AvgIpc) is 2.46. The molecule has 0 saturated heterocycles. The molecule has 0 spiro atoms. The van der Waals surface area contributed by atoms with Crippen LogP contribution in [0.25, 0.3) is 0 Å². The number of hydrazone groups is 1. The number of nitrogens with one attached hydrogen (secondary N) is 1. The van der Waals surface area contributed by atoms with Gasteiger partial charge in [0.1, 0.15) is 5.75 Å². The van der Waals surface area contributed by atoms with E-state index in [4.69, 9.17) is 27.9 Å². The Morgan fingerprint density at radius 1 is 1.22 bits per heavy atom. The number of carbonyl (C=O) groups excluding carboxylic acids is 1. The predicted molar refractivity (Wildman–Crippen MR) is 93.7 cm³/mol. The highest BCUT2D eigenvalue weighted by Crippen LogP contribution is 2.20. The zero-order valence-electron chi connectivity index (χ0n) is 12.7. The minimum Gasteiger partial charge on any atom is -0.491 e. The molecule has 0 atom stereocenters. The zero-order chi connectivity index (χ0) is 16.8. The molecule has 0 aromatic heterocycles. The Bertz CT molecular complexity index is 730. The van der Waals surface area contributed by atoms with Crippen LogP contribution in [0, 0.1) is 0 Å². The minimum absolute atomic E-state index is 0.0916. The molecule has 1 N–H and O–H groups in total. The summed E-state index contributed by atoms with van der Waals surface area (Å²) in [7, 11) is 0. The van der Waals surface area contributed by atoms with Crippen molar-refractivity contribution in [3.8, 4) is 5.75 Å². The smallest absolute Gasteiger partial charge is 0.272 e. The summed E-state index contributed by atoms with van der Waals surface area (Å²) < 4.78 is 5.60. The molecule has 1 amide bonds. The van der Waals surface area contributed by atoms with Gasteiger partial charge >= 0.3 is 0 Å². The van der Waals surface area contributed by atoms with Crippen molar-refractivity contribution in [1.82, 2.24) is 5.43 Å². The Labute approximate surface area is 145 Å². The summed E-state index contributed by atoms with van der Waals surface area (Å²) in [4.78, 5) is 12.0. The molecule has 2 aromatic rings. The van der Waals surface area contributed by atoms with Gasteiger partial charge in [-0.2, -0.15) is 5.10 Å². The number of nitrogens with zero attached hydrogens (tertiary/aromatic N) is 1. The molecule has 120 valence electrons. The quantitative estimate of drug-likeness (QED) is 0.635. The zero-order valence-corrected chi connectivity index (χ0v) is 14.2. The van der Waals surface area contributed by atoms with Gasteiger partial charge in [0, 0.05) is 5.02 Å². The Morgan fingerprint density at radius 2 is 2.00 bits per heavy atom. The van der Waals surface area contributed by atoms with E-state index in [1.54, 1.807) is 12.1 Å². The van der Waals surface area contributed by atoms with E-state index < -0.39 is 5.91 Å². The standard InChI is InChI=1S/C17H16Cl2N2O2/c1-11(2)23-14-5-3-4-12(8-14)10-20-21-17(22)15-7-6-13(18)9-16(15)19/h3-11H,1-2H3,(H,21,22)/b20-10+. The van der Waals surface area contributed by atoms with E-state index in [-0.39, 0.29) is 11.1 Å². The van der Waals surface area contributed by atoms with Gasteiger partial charge in [0.25, 0.3) is 5.91 Å². The van der Waals surface area contributed by atoms with E-state index in [1.807, 2.05) is 38.1 Å². The molecule has 0 aliphatic heterocycles. The number of benzene rings is 2. The third kappa shape index (κ3) is 5.27. The number of halogens is 2. The summed E-state index contributed by atoms with van der Waals surface area (Å²) in [5.74, 6) is 0.341. The molecule has 2 aromatic carbocycles. The molecule has 0 radical (unpaired) electrons. The molecule has 0 heterocycles. The van der Waals surface area contributed by atoms with Crippen molar-refractivity contribution in [3.05, 3.63) is 63.6 Å². The van der Waals surface area contributed by atoms with Crippen LogP contribution in [0.3, 0.4) is 0 Å². The van der Waals surface area contributed by atoms with Gasteiger partial charge in [0.05, 0.1) is 22.9 Å². The highest BCUT2D eigenvalue weighted by molar-refractivity contribution is 6.36. The summed E-state index contributed by atoms with van der Waals surface area (Å²) >= 11 is 11.8. The molecule has 0 unspecified atom stereocenters. The van der Waals surface area contributed by atoms with Crippen molar-refractivity contribution < 1.29 is 9.53 Å². The van der Waals surface area contributed by atoms with E-state index >= 15 is 0 Å². The molecule has 0 fully saturated rings. The fourth-order valence-corrected chi connectivity index (χ4v) is 2.33. The first-order valence-electron chi connectivity index (χ1n) is 7.01. The number of hydrogen-bond acceptors (Lipinski definition) is 3. The Morgan fingerprint density at radius 3 is 2.70 bits per heavy atom. The first kappa shape index (κ1) is 17.3. The van der Waals surface area contributed by atoms with Crippen LogP contribution in [0.5, 0.6) is 5.75 Å². The Balaban J connectivity index is 2.02. The number of rotatable bonds is 5. The first-order chi connectivity index (χ1) is 11.0. The van der Waals surface area contributed by atoms with Crippen LogP contribution in [-0.2, 0) is 0 Å². The fourth-order valence-electron chi connectivity index (χ4n) is 1.84. The van der Waals surface area contributed by atoms with Gasteiger partial charge in [-0.15, -0.1) is 0 Å². The van der Waals surface area contributed by atoms with Crippen molar-refractivity contribution in [2.45, 2.75) is 20.0 Å². The lowest BCUT2D eigenvalue weighted by atomic mass is 10.2. The predicted octanol–water partition coefficient (Wildman–Crippen LogP) is 4.54. The summed E-state index contributed by atoms with van der Waals surface area (Å²) in [6.45, 7) is 3.91. The fraction of sp³-hybridized carbons (Fsp3) is 0.176. The maximum Gasteiger partial charge on any atom is 0.272 e. The van der Waals surface area contributed by atoms with Crippen molar-refractivity contribution in [2.75, 3.05) is 0 Å². The van der Waals surface area contributed by atoms with Crippen molar-refractivity contribution in [3.63, 3.8) is 0 Å². The molecule has 4 nitrogen and oxygen atoms in total. The third-order valence-electron chi connectivity index (χ3n) is 2.79. The van der Waals surface area contributed by atoms with E-state index in [9.17, 15) is 4.79 Å². The highest BCUT2D eigenvalue weighted by atomic mass is 35.5. The summed E-state index contributed by atoms with van der Waals surface area (Å²) in [6, 6.07) is 12.1. The van der Waals surface area contributed by atoms with Crippen LogP contribution in [0.2, 0.25) is 10.0 Å². The van der Waals surface area contributed by atoms with Crippen LogP contribution < -0.4 is 10.2 Å². The third-order valence-corrected chi connectivity index (χ3v) is 3.33. The largest absolute Gasteiger partial charge is 0.491 e. The van der Waals surface area contributed by atoms with Crippen LogP contribution >= 0.6 is 23.2 Å². The van der Waals surface area contributed by atoms with Crippen molar-refractivity contribution in [2.24, 2.45) is 5.10 Å². The second-order valence-electron chi connectivity index (χ2n) is 5.06. The maximum absolute atomic E-state index is 12.0. The number of ether oxygens (including phenoxy) is 1. The summed E-state index contributed by atoms with van der Waals surface area (Å²) in [6.07, 6.45) is 1.63. The molecule has 0 aliphatic rings. The van der Waals surface area contributed by atoms with E-state index in [0.29, 0.717) is 10.6 Å². The number of carbonyl (C=O) groups is 1.